The molecule has 0 saturated carbocycles. The normalized spacial score (nSPS) is 13.8. The van der Waals surface area contributed by atoms with Crippen molar-refractivity contribution in [2.24, 2.45) is 0 Å². The SMILES string of the molecule is O=S1(=O)c2cc(-n3c4ccccc4c4ccccc43)ccc2-n2c(-c3ccccc3)nc3cccc1c32. The minimum atomic E-state index is -3.77. The largest absolute Gasteiger partial charge is 0.309 e. The molecule has 6 heteroatoms. The minimum Gasteiger partial charge on any atom is -0.309 e. The van der Waals surface area contributed by atoms with Gasteiger partial charge in [-0.3, -0.25) is 4.57 Å². The van der Waals surface area contributed by atoms with Crippen molar-refractivity contribution in [1.82, 2.24) is 14.1 Å². The zero-order valence-electron chi connectivity index (χ0n) is 19.5. The van der Waals surface area contributed by atoms with E-state index in [1.54, 1.807) is 18.2 Å². The number of hydrogen-bond donors (Lipinski definition) is 0. The number of imidazole rings is 1. The van der Waals surface area contributed by atoms with Crippen LogP contribution in [0, 0.1) is 0 Å². The smallest absolute Gasteiger partial charge is 0.210 e. The lowest BCUT2D eigenvalue weighted by Gasteiger charge is -2.22. The first-order valence-corrected chi connectivity index (χ1v) is 13.6. The fourth-order valence-electron chi connectivity index (χ4n) is 5.69. The van der Waals surface area contributed by atoms with Gasteiger partial charge in [-0.05, 0) is 42.5 Å². The monoisotopic (exact) mass is 497 g/mol. The molecule has 0 spiro atoms. The number of fused-ring (bicyclic) bond motifs is 5. The quantitative estimate of drug-likeness (QED) is 0.260. The Morgan fingerprint density at radius 2 is 1.27 bits per heavy atom. The molecule has 37 heavy (non-hydrogen) atoms. The Kier molecular flexibility index (Phi) is 3.98. The maximum atomic E-state index is 14.0. The van der Waals surface area contributed by atoms with Crippen molar-refractivity contribution in [3.8, 4) is 22.8 Å². The van der Waals surface area contributed by atoms with Gasteiger partial charge in [0.2, 0.25) is 9.84 Å². The summed E-state index contributed by atoms with van der Waals surface area (Å²) in [6.07, 6.45) is 0. The third-order valence-electron chi connectivity index (χ3n) is 7.27. The molecule has 0 unspecified atom stereocenters. The number of nitrogens with zero attached hydrogens (tertiary/aromatic N) is 3. The highest BCUT2D eigenvalue weighted by molar-refractivity contribution is 7.92. The fraction of sp³-hybridized carbons (Fsp3) is 0. The maximum absolute atomic E-state index is 14.0. The summed E-state index contributed by atoms with van der Waals surface area (Å²) in [4.78, 5) is 5.43. The van der Waals surface area contributed by atoms with Crippen LogP contribution in [0.2, 0.25) is 0 Å². The number of aromatic nitrogens is 3. The van der Waals surface area contributed by atoms with E-state index in [0.29, 0.717) is 16.7 Å². The van der Waals surface area contributed by atoms with Crippen molar-refractivity contribution in [3.63, 3.8) is 0 Å². The molecule has 5 aromatic carbocycles. The summed E-state index contributed by atoms with van der Waals surface area (Å²) in [6, 6.07) is 37.4. The first kappa shape index (κ1) is 20.5. The Morgan fingerprint density at radius 3 is 2.00 bits per heavy atom. The predicted molar refractivity (Wildman–Crippen MR) is 146 cm³/mol. The lowest BCUT2D eigenvalue weighted by Crippen LogP contribution is -2.15. The van der Waals surface area contributed by atoms with Crippen LogP contribution in [0.15, 0.2) is 125 Å². The number of sulfone groups is 1. The molecule has 0 N–H and O–H groups in total. The summed E-state index contributed by atoms with van der Waals surface area (Å²) >= 11 is 0. The van der Waals surface area contributed by atoms with Gasteiger partial charge in [0.15, 0.2) is 0 Å². The van der Waals surface area contributed by atoms with Crippen LogP contribution in [0.3, 0.4) is 0 Å². The van der Waals surface area contributed by atoms with Gasteiger partial charge in [-0.25, -0.2) is 13.4 Å². The Bertz CT molecular complexity index is 2100. The molecule has 5 nitrogen and oxygen atoms in total. The summed E-state index contributed by atoms with van der Waals surface area (Å²) < 4.78 is 32.2. The van der Waals surface area contributed by atoms with Crippen LogP contribution >= 0.6 is 0 Å². The van der Waals surface area contributed by atoms with Crippen LogP contribution in [0.4, 0.5) is 0 Å². The number of rotatable bonds is 2. The predicted octanol–water partition coefficient (Wildman–Crippen LogP) is 6.94. The number of hydrogen-bond acceptors (Lipinski definition) is 3. The Hall–Kier alpha value is -4.68. The van der Waals surface area contributed by atoms with Gasteiger partial charge >= 0.3 is 0 Å². The van der Waals surface area contributed by atoms with Crippen molar-refractivity contribution >= 4 is 42.7 Å². The average Bonchev–Trinajstić information content (AvgIpc) is 3.49. The molecule has 0 bridgehead atoms. The van der Waals surface area contributed by atoms with E-state index in [0.717, 1.165) is 38.9 Å². The molecule has 0 fully saturated rings. The van der Waals surface area contributed by atoms with Gasteiger partial charge in [0.1, 0.15) is 5.82 Å². The highest BCUT2D eigenvalue weighted by atomic mass is 32.2. The molecule has 8 rings (SSSR count). The van der Waals surface area contributed by atoms with E-state index in [-0.39, 0.29) is 9.79 Å². The first-order chi connectivity index (χ1) is 18.1. The molecule has 1 aliphatic rings. The van der Waals surface area contributed by atoms with E-state index in [9.17, 15) is 8.42 Å². The highest BCUT2D eigenvalue weighted by Gasteiger charge is 2.34. The van der Waals surface area contributed by atoms with Crippen molar-refractivity contribution in [3.05, 3.63) is 115 Å². The standard InChI is InChI=1S/C31H19N3O2S/c35-37(36)28-16-8-13-24-30(28)34(31(32-24)20-9-2-1-3-10-20)27-18-17-21(19-29(27)37)33-25-14-6-4-11-22(25)23-12-5-7-15-26(23)33/h1-19H. The summed E-state index contributed by atoms with van der Waals surface area (Å²) in [5, 5.41) is 2.26. The fourth-order valence-corrected chi connectivity index (χ4v) is 7.34. The zero-order chi connectivity index (χ0) is 24.7. The molecule has 0 radical (unpaired) electrons. The zero-order valence-corrected chi connectivity index (χ0v) is 20.4. The van der Waals surface area contributed by atoms with Gasteiger partial charge in [0, 0.05) is 22.0 Å². The minimum absolute atomic E-state index is 0.280. The first-order valence-electron chi connectivity index (χ1n) is 12.1. The van der Waals surface area contributed by atoms with Gasteiger partial charge in [0.25, 0.3) is 0 Å². The Balaban J connectivity index is 1.47. The topological polar surface area (TPSA) is 56.9 Å². The molecule has 1 aliphatic heterocycles. The van der Waals surface area contributed by atoms with Crippen LogP contribution in [0.5, 0.6) is 0 Å². The molecule has 176 valence electrons. The number of benzene rings is 5. The number of para-hydroxylation sites is 3. The van der Waals surface area contributed by atoms with E-state index in [4.69, 9.17) is 4.98 Å². The van der Waals surface area contributed by atoms with Crippen molar-refractivity contribution < 1.29 is 8.42 Å². The van der Waals surface area contributed by atoms with Gasteiger partial charge < -0.3 is 4.57 Å². The van der Waals surface area contributed by atoms with E-state index < -0.39 is 9.84 Å². The van der Waals surface area contributed by atoms with Crippen molar-refractivity contribution in [2.45, 2.75) is 9.79 Å². The van der Waals surface area contributed by atoms with Gasteiger partial charge in [0.05, 0.1) is 37.5 Å². The Labute approximate surface area is 212 Å². The van der Waals surface area contributed by atoms with Gasteiger partial charge in [-0.2, -0.15) is 0 Å². The maximum Gasteiger partial charge on any atom is 0.210 e. The van der Waals surface area contributed by atoms with Crippen LogP contribution in [0.25, 0.3) is 55.6 Å². The molecule has 0 atom stereocenters. The van der Waals surface area contributed by atoms with Crippen LogP contribution < -0.4 is 0 Å². The molecule has 2 aromatic heterocycles. The average molecular weight is 498 g/mol. The summed E-state index contributed by atoms with van der Waals surface area (Å²) in [5.74, 6) is 0.726. The molecular weight excluding hydrogens is 478 g/mol. The molecule has 0 aliphatic carbocycles. The van der Waals surface area contributed by atoms with E-state index in [1.807, 2.05) is 77.4 Å². The molecule has 3 heterocycles. The van der Waals surface area contributed by atoms with Crippen LogP contribution in [-0.2, 0) is 9.84 Å². The van der Waals surface area contributed by atoms with E-state index in [2.05, 4.69) is 28.8 Å². The van der Waals surface area contributed by atoms with E-state index in [1.165, 1.54) is 0 Å². The lowest BCUT2D eigenvalue weighted by molar-refractivity contribution is 0.594. The van der Waals surface area contributed by atoms with Crippen molar-refractivity contribution in [1.29, 1.82) is 0 Å². The Morgan fingerprint density at radius 1 is 0.595 bits per heavy atom. The second kappa shape index (κ2) is 7.18. The third kappa shape index (κ3) is 2.68. The third-order valence-corrected chi connectivity index (χ3v) is 9.09. The summed E-state index contributed by atoms with van der Waals surface area (Å²) in [6.45, 7) is 0. The summed E-state index contributed by atoms with van der Waals surface area (Å²) in [5.41, 5.74) is 5.71. The molecule has 0 saturated heterocycles. The molecular formula is C31H19N3O2S. The molecule has 0 amide bonds. The second-order valence-corrected chi connectivity index (χ2v) is 11.2. The van der Waals surface area contributed by atoms with Crippen LogP contribution in [0.1, 0.15) is 0 Å². The van der Waals surface area contributed by atoms with Gasteiger partial charge in [-0.1, -0.05) is 72.8 Å². The lowest BCUT2D eigenvalue weighted by atomic mass is 10.2. The molecule has 7 aromatic rings. The van der Waals surface area contributed by atoms with Crippen LogP contribution in [-0.4, -0.2) is 22.5 Å². The van der Waals surface area contributed by atoms with Gasteiger partial charge in [-0.15, -0.1) is 0 Å². The second-order valence-electron chi connectivity index (χ2n) is 9.29. The van der Waals surface area contributed by atoms with Crippen molar-refractivity contribution in [2.75, 3.05) is 0 Å². The summed E-state index contributed by atoms with van der Waals surface area (Å²) in [7, 11) is -3.77. The van der Waals surface area contributed by atoms with E-state index >= 15 is 0 Å². The highest BCUT2D eigenvalue weighted by Crippen LogP contribution is 2.43.